The highest BCUT2D eigenvalue weighted by atomic mass is 16.5. The van der Waals surface area contributed by atoms with Crippen LogP contribution in [0.2, 0.25) is 0 Å². The van der Waals surface area contributed by atoms with Crippen LogP contribution in [0.3, 0.4) is 0 Å². The highest BCUT2D eigenvalue weighted by molar-refractivity contribution is 5.96. The maximum atomic E-state index is 12.3. The number of para-hydroxylation sites is 2. The van der Waals surface area contributed by atoms with E-state index in [9.17, 15) is 9.59 Å². The minimum absolute atomic E-state index is 0.0457. The molecule has 0 spiro atoms. The minimum Gasteiger partial charge on any atom is -0.492 e. The summed E-state index contributed by atoms with van der Waals surface area (Å²) in [6.07, 6.45) is 0. The summed E-state index contributed by atoms with van der Waals surface area (Å²) < 4.78 is 5.49. The van der Waals surface area contributed by atoms with Crippen molar-refractivity contribution in [2.75, 3.05) is 31.6 Å². The van der Waals surface area contributed by atoms with Gasteiger partial charge in [0.1, 0.15) is 5.75 Å². The van der Waals surface area contributed by atoms with Crippen LogP contribution in [0.25, 0.3) is 0 Å². The Labute approximate surface area is 124 Å². The lowest BCUT2D eigenvalue weighted by Crippen LogP contribution is -2.53. The average Bonchev–Trinajstić information content (AvgIpc) is 2.48. The average molecular weight is 291 g/mol. The highest BCUT2D eigenvalue weighted by Crippen LogP contribution is 2.24. The number of nitrogens with one attached hydrogen (secondary N) is 2. The molecule has 21 heavy (non-hydrogen) atoms. The van der Waals surface area contributed by atoms with Gasteiger partial charge >= 0.3 is 0 Å². The zero-order chi connectivity index (χ0) is 15.2. The van der Waals surface area contributed by atoms with Gasteiger partial charge in [0, 0.05) is 13.1 Å². The number of ether oxygens (including phenoxy) is 1. The first-order valence-electron chi connectivity index (χ1n) is 7.15. The van der Waals surface area contributed by atoms with Gasteiger partial charge in [-0.05, 0) is 26.0 Å². The molecule has 1 heterocycles. The zero-order valence-corrected chi connectivity index (χ0v) is 12.4. The lowest BCUT2D eigenvalue weighted by Gasteiger charge is -2.31. The standard InChI is InChI=1S/C15H21N3O3/c1-3-21-13-7-5-4-6-12(13)17-15(20)11(2)18-9-8-16-14(19)10-18/h4-7,11H,3,8-10H2,1-2H3,(H,16,19)(H,17,20). The second-order valence-electron chi connectivity index (χ2n) is 4.91. The lowest BCUT2D eigenvalue weighted by molar-refractivity contribution is -0.127. The van der Waals surface area contributed by atoms with Crippen molar-refractivity contribution in [1.82, 2.24) is 10.2 Å². The molecule has 2 rings (SSSR count). The van der Waals surface area contributed by atoms with E-state index in [0.29, 0.717) is 31.1 Å². The van der Waals surface area contributed by atoms with Crippen molar-refractivity contribution in [3.63, 3.8) is 0 Å². The van der Waals surface area contributed by atoms with Crippen LogP contribution in [-0.4, -0.2) is 49.0 Å². The third kappa shape index (κ3) is 3.95. The molecular formula is C15H21N3O3. The molecule has 1 fully saturated rings. The molecule has 6 nitrogen and oxygen atoms in total. The van der Waals surface area contributed by atoms with Crippen LogP contribution in [0, 0.1) is 0 Å². The summed E-state index contributed by atoms with van der Waals surface area (Å²) in [7, 11) is 0. The SMILES string of the molecule is CCOc1ccccc1NC(=O)C(C)N1CCNC(=O)C1. The Kier molecular flexibility index (Phi) is 5.16. The number of anilines is 1. The van der Waals surface area contributed by atoms with Gasteiger partial charge in [-0.25, -0.2) is 0 Å². The number of benzene rings is 1. The molecule has 0 bridgehead atoms. The molecule has 1 aliphatic heterocycles. The summed E-state index contributed by atoms with van der Waals surface area (Å²) in [6.45, 7) is 5.74. The number of carbonyl (C=O) groups is 2. The molecule has 0 radical (unpaired) electrons. The van der Waals surface area contributed by atoms with Crippen LogP contribution in [-0.2, 0) is 9.59 Å². The molecule has 6 heteroatoms. The van der Waals surface area contributed by atoms with Gasteiger partial charge in [-0.15, -0.1) is 0 Å². The Morgan fingerprint density at radius 2 is 2.24 bits per heavy atom. The first kappa shape index (κ1) is 15.3. The fourth-order valence-corrected chi connectivity index (χ4v) is 2.24. The molecule has 2 amide bonds. The van der Waals surface area contributed by atoms with Crippen molar-refractivity contribution in [2.24, 2.45) is 0 Å². The van der Waals surface area contributed by atoms with Gasteiger partial charge in [-0.1, -0.05) is 12.1 Å². The van der Waals surface area contributed by atoms with E-state index >= 15 is 0 Å². The second-order valence-corrected chi connectivity index (χ2v) is 4.91. The summed E-state index contributed by atoms with van der Waals surface area (Å²) >= 11 is 0. The number of hydrogen-bond acceptors (Lipinski definition) is 4. The number of piperazine rings is 1. The molecular weight excluding hydrogens is 270 g/mol. The van der Waals surface area contributed by atoms with Gasteiger partial charge in [0.2, 0.25) is 11.8 Å². The molecule has 1 aromatic rings. The minimum atomic E-state index is -0.370. The summed E-state index contributed by atoms with van der Waals surface area (Å²) in [5.41, 5.74) is 0.651. The number of rotatable bonds is 5. The molecule has 1 aromatic carbocycles. The van der Waals surface area contributed by atoms with Crippen molar-refractivity contribution < 1.29 is 14.3 Å². The highest BCUT2D eigenvalue weighted by Gasteiger charge is 2.26. The monoisotopic (exact) mass is 291 g/mol. The smallest absolute Gasteiger partial charge is 0.241 e. The summed E-state index contributed by atoms with van der Waals surface area (Å²) in [6, 6.07) is 6.96. The Bertz CT molecular complexity index is 519. The summed E-state index contributed by atoms with van der Waals surface area (Å²) in [5.74, 6) is 0.462. The number of hydrogen-bond donors (Lipinski definition) is 2. The molecule has 1 unspecified atom stereocenters. The van der Waals surface area contributed by atoms with Crippen molar-refractivity contribution in [3.05, 3.63) is 24.3 Å². The number of amides is 2. The van der Waals surface area contributed by atoms with E-state index in [1.807, 2.05) is 30.0 Å². The van der Waals surface area contributed by atoms with Crippen LogP contribution in [0.4, 0.5) is 5.69 Å². The van der Waals surface area contributed by atoms with Gasteiger partial charge in [0.15, 0.2) is 0 Å². The van der Waals surface area contributed by atoms with E-state index in [1.165, 1.54) is 0 Å². The first-order valence-corrected chi connectivity index (χ1v) is 7.15. The van der Waals surface area contributed by atoms with Gasteiger partial charge in [0.25, 0.3) is 0 Å². The van der Waals surface area contributed by atoms with E-state index < -0.39 is 0 Å². The van der Waals surface area contributed by atoms with Crippen molar-refractivity contribution in [3.8, 4) is 5.75 Å². The van der Waals surface area contributed by atoms with E-state index in [4.69, 9.17) is 4.74 Å². The van der Waals surface area contributed by atoms with Gasteiger partial charge in [-0.2, -0.15) is 0 Å². The van der Waals surface area contributed by atoms with E-state index in [-0.39, 0.29) is 24.4 Å². The molecule has 0 aromatic heterocycles. The molecule has 2 N–H and O–H groups in total. The molecule has 1 atom stereocenters. The van der Waals surface area contributed by atoms with Crippen LogP contribution in [0.1, 0.15) is 13.8 Å². The van der Waals surface area contributed by atoms with Crippen LogP contribution >= 0.6 is 0 Å². The lowest BCUT2D eigenvalue weighted by atomic mass is 10.2. The van der Waals surface area contributed by atoms with Crippen molar-refractivity contribution in [1.29, 1.82) is 0 Å². The fraction of sp³-hybridized carbons (Fsp3) is 0.467. The van der Waals surface area contributed by atoms with Crippen LogP contribution < -0.4 is 15.4 Å². The van der Waals surface area contributed by atoms with Crippen molar-refractivity contribution in [2.45, 2.75) is 19.9 Å². The Morgan fingerprint density at radius 1 is 1.48 bits per heavy atom. The molecule has 0 saturated carbocycles. The Morgan fingerprint density at radius 3 is 2.95 bits per heavy atom. The van der Waals surface area contributed by atoms with Gasteiger partial charge in [-0.3, -0.25) is 14.5 Å². The van der Waals surface area contributed by atoms with E-state index in [2.05, 4.69) is 10.6 Å². The largest absolute Gasteiger partial charge is 0.492 e. The number of carbonyl (C=O) groups excluding carboxylic acids is 2. The zero-order valence-electron chi connectivity index (χ0n) is 12.4. The number of nitrogens with zero attached hydrogens (tertiary/aromatic N) is 1. The predicted molar refractivity (Wildman–Crippen MR) is 80.3 cm³/mol. The van der Waals surface area contributed by atoms with E-state index in [0.717, 1.165) is 0 Å². The Hall–Kier alpha value is -2.08. The summed E-state index contributed by atoms with van der Waals surface area (Å²) in [5, 5.41) is 5.62. The molecule has 114 valence electrons. The third-order valence-corrected chi connectivity index (χ3v) is 3.44. The summed E-state index contributed by atoms with van der Waals surface area (Å²) in [4.78, 5) is 25.6. The second kappa shape index (κ2) is 7.08. The Balaban J connectivity index is 2.02. The maximum Gasteiger partial charge on any atom is 0.241 e. The third-order valence-electron chi connectivity index (χ3n) is 3.44. The maximum absolute atomic E-state index is 12.3. The van der Waals surface area contributed by atoms with E-state index in [1.54, 1.807) is 13.0 Å². The van der Waals surface area contributed by atoms with Crippen molar-refractivity contribution >= 4 is 17.5 Å². The topological polar surface area (TPSA) is 70.7 Å². The van der Waals surface area contributed by atoms with Crippen LogP contribution in [0.5, 0.6) is 5.75 Å². The first-order chi connectivity index (χ1) is 10.1. The van der Waals surface area contributed by atoms with Gasteiger partial charge < -0.3 is 15.4 Å². The van der Waals surface area contributed by atoms with Crippen LogP contribution in [0.15, 0.2) is 24.3 Å². The quantitative estimate of drug-likeness (QED) is 0.843. The molecule has 1 aliphatic rings. The van der Waals surface area contributed by atoms with Gasteiger partial charge in [0.05, 0.1) is 24.9 Å². The normalized spacial score (nSPS) is 17.0. The predicted octanol–water partition coefficient (Wildman–Crippen LogP) is 0.844. The molecule has 0 aliphatic carbocycles. The fourth-order valence-electron chi connectivity index (χ4n) is 2.24. The molecule has 1 saturated heterocycles.